The molecular weight excluding hydrogens is 409 g/mol. The van der Waals surface area contributed by atoms with Gasteiger partial charge in [0.05, 0.1) is 10.6 Å². The number of nitrogens with one attached hydrogen (secondary N) is 1. The van der Waals surface area contributed by atoms with Crippen LogP contribution in [0.1, 0.15) is 54.5 Å². The third-order valence-corrected chi connectivity index (χ3v) is 7.07. The third kappa shape index (κ3) is 5.31. The lowest BCUT2D eigenvalue weighted by atomic mass is 10.1. The average Bonchev–Trinajstić information content (AvgIpc) is 2.92. The lowest BCUT2D eigenvalue weighted by Gasteiger charge is -2.12. The van der Waals surface area contributed by atoms with E-state index >= 15 is 0 Å². The van der Waals surface area contributed by atoms with E-state index in [9.17, 15) is 4.39 Å². The number of allylic oxidation sites excluding steroid dienone is 3. The third-order valence-electron chi connectivity index (χ3n) is 4.26. The van der Waals surface area contributed by atoms with E-state index in [-0.39, 0.29) is 5.82 Å². The van der Waals surface area contributed by atoms with E-state index in [2.05, 4.69) is 61.1 Å². The van der Waals surface area contributed by atoms with Crippen molar-refractivity contribution in [1.82, 2.24) is 5.32 Å². The molecule has 0 saturated carbocycles. The molecule has 0 fully saturated rings. The minimum absolute atomic E-state index is 0.170. The van der Waals surface area contributed by atoms with Crippen molar-refractivity contribution in [3.05, 3.63) is 73.2 Å². The zero-order valence-electron chi connectivity index (χ0n) is 16.0. The Bertz CT molecular complexity index is 804. The van der Waals surface area contributed by atoms with Gasteiger partial charge in [0, 0.05) is 21.5 Å². The highest BCUT2D eigenvalue weighted by Gasteiger charge is 2.15. The Morgan fingerprint density at radius 3 is 2.62 bits per heavy atom. The maximum atomic E-state index is 14.0. The summed E-state index contributed by atoms with van der Waals surface area (Å²) in [4.78, 5) is 2.56. The monoisotopic (exact) mass is 435 g/mol. The maximum Gasteiger partial charge on any atom is 0.128 e. The molecule has 1 N–H and O–H groups in total. The van der Waals surface area contributed by atoms with Crippen LogP contribution in [0.25, 0.3) is 5.70 Å². The van der Waals surface area contributed by atoms with Crippen LogP contribution in [0.4, 0.5) is 4.39 Å². The fraction of sp³-hybridized carbons (Fsp3) is 0.364. The molecule has 0 saturated heterocycles. The van der Waals surface area contributed by atoms with E-state index in [1.807, 2.05) is 12.1 Å². The molecule has 26 heavy (non-hydrogen) atoms. The molecule has 0 amide bonds. The first-order valence-electron chi connectivity index (χ1n) is 9.11. The highest BCUT2D eigenvalue weighted by atomic mass is 79.9. The standard InChI is InChI=1S/C22H27BrFNS/c1-5-7-10-15(3)13-19(22-16(4)21(23)20(6-2)26-22)25-14-17-11-8-9-12-18(17)24/h8-13,25H,5-7,14H2,1-4H3/b15-10+,19-13+. The van der Waals surface area contributed by atoms with Gasteiger partial charge in [0.15, 0.2) is 0 Å². The van der Waals surface area contributed by atoms with Crippen molar-refractivity contribution in [2.75, 3.05) is 0 Å². The minimum atomic E-state index is -0.170. The van der Waals surface area contributed by atoms with Crippen LogP contribution in [0.3, 0.4) is 0 Å². The first-order valence-corrected chi connectivity index (χ1v) is 10.7. The van der Waals surface area contributed by atoms with E-state index in [4.69, 9.17) is 0 Å². The van der Waals surface area contributed by atoms with Crippen LogP contribution in [0.15, 0.2) is 46.5 Å². The second kappa shape index (κ2) is 10.1. The van der Waals surface area contributed by atoms with E-state index in [1.165, 1.54) is 31.4 Å². The largest absolute Gasteiger partial charge is 0.380 e. The molecule has 0 spiro atoms. The Labute approximate surface area is 169 Å². The molecular formula is C22H27BrFNS. The molecule has 0 aliphatic carbocycles. The van der Waals surface area contributed by atoms with Crippen LogP contribution in [0, 0.1) is 12.7 Å². The number of aryl methyl sites for hydroxylation is 1. The number of halogens is 2. The summed E-state index contributed by atoms with van der Waals surface area (Å²) in [5, 5.41) is 3.48. The van der Waals surface area contributed by atoms with Crippen LogP contribution < -0.4 is 5.32 Å². The first kappa shape index (κ1) is 20.9. The predicted molar refractivity (Wildman–Crippen MR) is 116 cm³/mol. The van der Waals surface area contributed by atoms with Gasteiger partial charge in [-0.3, -0.25) is 0 Å². The number of hydrogen-bond donors (Lipinski definition) is 1. The number of thiophene rings is 1. The number of unbranched alkanes of at least 4 members (excludes halogenated alkanes) is 1. The maximum absolute atomic E-state index is 14.0. The Morgan fingerprint density at radius 2 is 2.00 bits per heavy atom. The number of rotatable bonds is 8. The minimum Gasteiger partial charge on any atom is -0.380 e. The van der Waals surface area contributed by atoms with E-state index < -0.39 is 0 Å². The SMILES string of the molecule is CCC/C=C(C)/C=C(/NCc1ccccc1F)c1sc(CC)c(Br)c1C. The molecule has 0 bridgehead atoms. The Balaban J connectivity index is 2.36. The molecule has 1 heterocycles. The van der Waals surface area contributed by atoms with Crippen molar-refractivity contribution in [2.24, 2.45) is 0 Å². The van der Waals surface area contributed by atoms with Crippen molar-refractivity contribution < 1.29 is 4.39 Å². The summed E-state index contributed by atoms with van der Waals surface area (Å²) < 4.78 is 15.2. The zero-order chi connectivity index (χ0) is 19.1. The van der Waals surface area contributed by atoms with Crippen molar-refractivity contribution >= 4 is 33.0 Å². The van der Waals surface area contributed by atoms with Crippen LogP contribution in [0.5, 0.6) is 0 Å². The molecule has 4 heteroatoms. The summed E-state index contributed by atoms with van der Waals surface area (Å²) in [5.41, 5.74) is 4.20. The van der Waals surface area contributed by atoms with Gasteiger partial charge in [-0.15, -0.1) is 11.3 Å². The van der Waals surface area contributed by atoms with Crippen LogP contribution in [-0.2, 0) is 13.0 Å². The molecule has 0 aliphatic heterocycles. The van der Waals surface area contributed by atoms with Gasteiger partial charge in [-0.05, 0) is 60.3 Å². The van der Waals surface area contributed by atoms with Crippen LogP contribution in [0.2, 0.25) is 0 Å². The topological polar surface area (TPSA) is 12.0 Å². The lowest BCUT2D eigenvalue weighted by molar-refractivity contribution is 0.605. The fourth-order valence-corrected chi connectivity index (χ4v) is 4.71. The van der Waals surface area contributed by atoms with Gasteiger partial charge >= 0.3 is 0 Å². The summed E-state index contributed by atoms with van der Waals surface area (Å²) in [6.07, 6.45) is 7.63. The first-order chi connectivity index (χ1) is 12.5. The summed E-state index contributed by atoms with van der Waals surface area (Å²) in [5.74, 6) is -0.170. The molecule has 140 valence electrons. The predicted octanol–water partition coefficient (Wildman–Crippen LogP) is 7.40. The molecule has 2 aromatic rings. The summed E-state index contributed by atoms with van der Waals surface area (Å²) in [6.45, 7) is 9.08. The van der Waals surface area contributed by atoms with E-state index in [0.717, 1.165) is 25.0 Å². The molecule has 0 unspecified atom stereocenters. The van der Waals surface area contributed by atoms with E-state index in [0.29, 0.717) is 12.1 Å². The Morgan fingerprint density at radius 1 is 1.27 bits per heavy atom. The highest BCUT2D eigenvalue weighted by Crippen LogP contribution is 2.37. The van der Waals surface area contributed by atoms with Gasteiger partial charge < -0.3 is 5.32 Å². The zero-order valence-corrected chi connectivity index (χ0v) is 18.4. The van der Waals surface area contributed by atoms with Crippen LogP contribution >= 0.6 is 27.3 Å². The van der Waals surface area contributed by atoms with Crippen molar-refractivity contribution in [3.63, 3.8) is 0 Å². The quantitative estimate of drug-likeness (QED) is 0.425. The molecule has 1 nitrogen and oxygen atoms in total. The van der Waals surface area contributed by atoms with Gasteiger partial charge in [0.1, 0.15) is 5.82 Å². The molecule has 0 aliphatic rings. The van der Waals surface area contributed by atoms with Gasteiger partial charge in [-0.25, -0.2) is 4.39 Å². The Hall–Kier alpha value is -1.39. The number of hydrogen-bond acceptors (Lipinski definition) is 2. The molecule has 1 aromatic carbocycles. The van der Waals surface area contributed by atoms with Gasteiger partial charge in [0.25, 0.3) is 0 Å². The second-order valence-corrected chi connectivity index (χ2v) is 8.28. The smallest absolute Gasteiger partial charge is 0.128 e. The lowest BCUT2D eigenvalue weighted by Crippen LogP contribution is -2.13. The van der Waals surface area contributed by atoms with Gasteiger partial charge in [0.2, 0.25) is 0 Å². The highest BCUT2D eigenvalue weighted by molar-refractivity contribution is 9.10. The van der Waals surface area contributed by atoms with Crippen LogP contribution in [-0.4, -0.2) is 0 Å². The van der Waals surface area contributed by atoms with Crippen molar-refractivity contribution in [1.29, 1.82) is 0 Å². The second-order valence-electron chi connectivity index (χ2n) is 6.39. The molecule has 2 rings (SSSR count). The molecule has 1 aromatic heterocycles. The van der Waals surface area contributed by atoms with Gasteiger partial charge in [-0.2, -0.15) is 0 Å². The Kier molecular flexibility index (Phi) is 8.11. The van der Waals surface area contributed by atoms with Crippen molar-refractivity contribution in [2.45, 2.75) is 53.5 Å². The molecule has 0 atom stereocenters. The average molecular weight is 436 g/mol. The van der Waals surface area contributed by atoms with E-state index in [1.54, 1.807) is 17.4 Å². The fourth-order valence-electron chi connectivity index (χ4n) is 2.73. The molecule has 0 radical (unpaired) electrons. The van der Waals surface area contributed by atoms with Gasteiger partial charge in [-0.1, -0.05) is 50.1 Å². The summed E-state index contributed by atoms with van der Waals surface area (Å²) >= 11 is 5.53. The summed E-state index contributed by atoms with van der Waals surface area (Å²) in [7, 11) is 0. The summed E-state index contributed by atoms with van der Waals surface area (Å²) in [6, 6.07) is 6.93. The van der Waals surface area contributed by atoms with Crippen molar-refractivity contribution in [3.8, 4) is 0 Å². The normalized spacial score (nSPS) is 12.5. The number of benzene rings is 1.